The SMILES string of the molecule is O=C(CCCc1cccs1)NCC(=O)NCc1ccccc1. The van der Waals surface area contributed by atoms with Crippen LogP contribution < -0.4 is 10.6 Å². The highest BCUT2D eigenvalue weighted by Crippen LogP contribution is 2.11. The van der Waals surface area contributed by atoms with Gasteiger partial charge in [-0.05, 0) is 29.9 Å². The van der Waals surface area contributed by atoms with E-state index >= 15 is 0 Å². The third-order valence-corrected chi connectivity index (χ3v) is 4.12. The normalized spacial score (nSPS) is 10.2. The van der Waals surface area contributed by atoms with Crippen LogP contribution in [0.4, 0.5) is 0 Å². The third-order valence-electron chi connectivity index (χ3n) is 3.19. The molecule has 0 aliphatic rings. The van der Waals surface area contributed by atoms with E-state index in [1.54, 1.807) is 11.3 Å². The highest BCUT2D eigenvalue weighted by Gasteiger charge is 2.05. The van der Waals surface area contributed by atoms with Gasteiger partial charge in [-0.2, -0.15) is 0 Å². The number of hydrogen-bond donors (Lipinski definition) is 2. The van der Waals surface area contributed by atoms with Gasteiger partial charge in [0.15, 0.2) is 0 Å². The Kier molecular flexibility index (Phi) is 6.64. The second-order valence-corrected chi connectivity index (χ2v) is 6.00. The van der Waals surface area contributed by atoms with E-state index in [9.17, 15) is 9.59 Å². The second kappa shape index (κ2) is 9.00. The van der Waals surface area contributed by atoms with Crippen LogP contribution in [0.15, 0.2) is 47.8 Å². The Hall–Kier alpha value is -2.14. The lowest BCUT2D eigenvalue weighted by Crippen LogP contribution is -2.36. The van der Waals surface area contributed by atoms with Gasteiger partial charge in [-0.1, -0.05) is 36.4 Å². The van der Waals surface area contributed by atoms with Gasteiger partial charge in [0.2, 0.25) is 11.8 Å². The van der Waals surface area contributed by atoms with Gasteiger partial charge in [-0.3, -0.25) is 9.59 Å². The summed E-state index contributed by atoms with van der Waals surface area (Å²) in [6.45, 7) is 0.512. The first-order chi connectivity index (χ1) is 10.7. The minimum absolute atomic E-state index is 0.0324. The summed E-state index contributed by atoms with van der Waals surface area (Å²) < 4.78 is 0. The van der Waals surface area contributed by atoms with E-state index in [2.05, 4.69) is 16.7 Å². The zero-order chi connectivity index (χ0) is 15.6. The van der Waals surface area contributed by atoms with Gasteiger partial charge in [0.1, 0.15) is 0 Å². The molecule has 22 heavy (non-hydrogen) atoms. The molecule has 0 spiro atoms. The van der Waals surface area contributed by atoms with Crippen LogP contribution >= 0.6 is 11.3 Å². The maximum absolute atomic E-state index is 11.7. The molecule has 2 N–H and O–H groups in total. The Morgan fingerprint density at radius 2 is 1.77 bits per heavy atom. The van der Waals surface area contributed by atoms with Gasteiger partial charge >= 0.3 is 0 Å². The molecule has 0 saturated carbocycles. The first-order valence-electron chi connectivity index (χ1n) is 7.34. The van der Waals surface area contributed by atoms with Crippen molar-refractivity contribution < 1.29 is 9.59 Å². The fourth-order valence-electron chi connectivity index (χ4n) is 2.00. The van der Waals surface area contributed by atoms with E-state index in [0.717, 1.165) is 18.4 Å². The lowest BCUT2D eigenvalue weighted by atomic mass is 10.2. The molecule has 0 bridgehead atoms. The van der Waals surface area contributed by atoms with Gasteiger partial charge in [0, 0.05) is 17.8 Å². The fraction of sp³-hybridized carbons (Fsp3) is 0.294. The Labute approximate surface area is 134 Å². The van der Waals surface area contributed by atoms with E-state index in [0.29, 0.717) is 13.0 Å². The molecule has 5 heteroatoms. The van der Waals surface area contributed by atoms with Gasteiger partial charge in [-0.15, -0.1) is 11.3 Å². The van der Waals surface area contributed by atoms with Crippen molar-refractivity contribution in [2.45, 2.75) is 25.8 Å². The number of nitrogens with one attached hydrogen (secondary N) is 2. The largest absolute Gasteiger partial charge is 0.350 e. The number of rotatable bonds is 8. The third kappa shape index (κ3) is 6.10. The van der Waals surface area contributed by atoms with Crippen LogP contribution in [-0.4, -0.2) is 18.4 Å². The van der Waals surface area contributed by atoms with Crippen molar-refractivity contribution in [1.29, 1.82) is 0 Å². The minimum Gasteiger partial charge on any atom is -0.350 e. The lowest BCUT2D eigenvalue weighted by molar-refractivity contribution is -0.126. The Morgan fingerprint density at radius 1 is 0.955 bits per heavy atom. The van der Waals surface area contributed by atoms with Crippen molar-refractivity contribution in [2.75, 3.05) is 6.54 Å². The topological polar surface area (TPSA) is 58.2 Å². The van der Waals surface area contributed by atoms with Crippen LogP contribution in [0.2, 0.25) is 0 Å². The van der Waals surface area contributed by atoms with Crippen LogP contribution in [0.25, 0.3) is 0 Å². The fourth-order valence-corrected chi connectivity index (χ4v) is 2.76. The predicted molar refractivity (Wildman–Crippen MR) is 88.6 cm³/mol. The molecule has 0 unspecified atom stereocenters. The Morgan fingerprint density at radius 3 is 2.50 bits per heavy atom. The predicted octanol–water partition coefficient (Wildman–Crippen LogP) is 2.50. The minimum atomic E-state index is -0.171. The molecule has 0 aliphatic carbocycles. The monoisotopic (exact) mass is 316 g/mol. The van der Waals surface area contributed by atoms with Gasteiger partial charge in [0.25, 0.3) is 0 Å². The highest BCUT2D eigenvalue weighted by atomic mass is 32.1. The molecule has 116 valence electrons. The zero-order valence-corrected chi connectivity index (χ0v) is 13.2. The standard InChI is InChI=1S/C17H20N2O2S/c20-16(10-4-8-15-9-5-11-22-15)19-13-17(21)18-12-14-6-2-1-3-7-14/h1-3,5-7,9,11H,4,8,10,12-13H2,(H,18,21)(H,19,20). The summed E-state index contributed by atoms with van der Waals surface area (Å²) in [7, 11) is 0. The molecule has 0 saturated heterocycles. The first-order valence-corrected chi connectivity index (χ1v) is 8.22. The molecule has 4 nitrogen and oxygen atoms in total. The van der Waals surface area contributed by atoms with Crippen molar-refractivity contribution in [1.82, 2.24) is 10.6 Å². The van der Waals surface area contributed by atoms with Gasteiger partial charge < -0.3 is 10.6 Å². The average Bonchev–Trinajstić information content (AvgIpc) is 3.05. The summed E-state index contributed by atoms with van der Waals surface area (Å²) in [5.41, 5.74) is 1.04. The molecule has 0 radical (unpaired) electrons. The van der Waals surface area contributed by atoms with Crippen molar-refractivity contribution >= 4 is 23.2 Å². The van der Waals surface area contributed by atoms with E-state index in [1.165, 1.54) is 4.88 Å². The van der Waals surface area contributed by atoms with E-state index in [1.807, 2.05) is 41.8 Å². The summed E-state index contributed by atoms with van der Waals surface area (Å²) in [6, 6.07) is 13.8. The smallest absolute Gasteiger partial charge is 0.239 e. The van der Waals surface area contributed by atoms with Crippen molar-refractivity contribution in [3.05, 3.63) is 58.3 Å². The molecule has 0 fully saturated rings. The summed E-state index contributed by atoms with van der Waals surface area (Å²) in [6.07, 6.45) is 2.16. The maximum Gasteiger partial charge on any atom is 0.239 e. The second-order valence-electron chi connectivity index (χ2n) is 4.97. The summed E-state index contributed by atoms with van der Waals surface area (Å²) >= 11 is 1.70. The highest BCUT2D eigenvalue weighted by molar-refractivity contribution is 7.09. The van der Waals surface area contributed by atoms with Crippen LogP contribution in [0.5, 0.6) is 0 Å². The number of thiophene rings is 1. The maximum atomic E-state index is 11.7. The molecular weight excluding hydrogens is 296 g/mol. The molecule has 1 heterocycles. The van der Waals surface area contributed by atoms with E-state index < -0.39 is 0 Å². The van der Waals surface area contributed by atoms with Crippen molar-refractivity contribution in [3.63, 3.8) is 0 Å². The van der Waals surface area contributed by atoms with Crippen LogP contribution in [-0.2, 0) is 22.6 Å². The van der Waals surface area contributed by atoms with Crippen molar-refractivity contribution in [2.24, 2.45) is 0 Å². The molecule has 1 aromatic heterocycles. The zero-order valence-electron chi connectivity index (χ0n) is 12.4. The van der Waals surface area contributed by atoms with Crippen LogP contribution in [0.1, 0.15) is 23.3 Å². The Balaban J connectivity index is 1.56. The van der Waals surface area contributed by atoms with E-state index in [-0.39, 0.29) is 18.4 Å². The van der Waals surface area contributed by atoms with Crippen LogP contribution in [0, 0.1) is 0 Å². The summed E-state index contributed by atoms with van der Waals surface area (Å²) in [5.74, 6) is -0.248. The number of hydrogen-bond acceptors (Lipinski definition) is 3. The Bertz CT molecular complexity index is 582. The van der Waals surface area contributed by atoms with Crippen LogP contribution in [0.3, 0.4) is 0 Å². The number of carbonyl (C=O) groups excluding carboxylic acids is 2. The summed E-state index contributed by atoms with van der Waals surface area (Å²) in [4.78, 5) is 24.6. The van der Waals surface area contributed by atoms with E-state index in [4.69, 9.17) is 0 Å². The molecular formula is C17H20N2O2S. The summed E-state index contributed by atoms with van der Waals surface area (Å²) in [5, 5.41) is 7.47. The molecule has 2 rings (SSSR count). The quantitative estimate of drug-likeness (QED) is 0.786. The van der Waals surface area contributed by atoms with Crippen molar-refractivity contribution in [3.8, 4) is 0 Å². The number of carbonyl (C=O) groups is 2. The number of amides is 2. The molecule has 2 amide bonds. The average molecular weight is 316 g/mol. The molecule has 2 aromatic rings. The molecule has 0 atom stereocenters. The molecule has 0 aliphatic heterocycles. The first kappa shape index (κ1) is 16.2. The number of benzene rings is 1. The van der Waals surface area contributed by atoms with Gasteiger partial charge in [0.05, 0.1) is 6.54 Å². The molecule has 1 aromatic carbocycles. The van der Waals surface area contributed by atoms with Gasteiger partial charge in [-0.25, -0.2) is 0 Å². The lowest BCUT2D eigenvalue weighted by Gasteiger charge is -2.07. The number of aryl methyl sites for hydroxylation is 1.